The van der Waals surface area contributed by atoms with Crippen molar-refractivity contribution in [3.05, 3.63) is 0 Å². The Morgan fingerprint density at radius 2 is 1.73 bits per heavy atom. The van der Waals surface area contributed by atoms with Crippen LogP contribution >= 0.6 is 11.6 Å². The van der Waals surface area contributed by atoms with Gasteiger partial charge in [-0.1, -0.05) is 12.8 Å². The van der Waals surface area contributed by atoms with Crippen LogP contribution in [-0.2, 0) is 9.53 Å². The quantitative estimate of drug-likeness (QED) is 0.231. The Morgan fingerprint density at radius 1 is 0.976 bits per heavy atom. The molecule has 0 aromatic rings. The molecule has 9 nitrogen and oxygen atoms in total. The molecule has 0 bridgehead atoms. The highest BCUT2D eigenvalue weighted by molar-refractivity contribution is 6.20. The van der Waals surface area contributed by atoms with Gasteiger partial charge in [-0.3, -0.25) is 14.6 Å². The summed E-state index contributed by atoms with van der Waals surface area (Å²) in [5.41, 5.74) is 14.0. The topological polar surface area (TPSA) is 121 Å². The molecule has 0 radical (unpaired) electrons. The molecule has 41 heavy (non-hydrogen) atoms. The van der Waals surface area contributed by atoms with Crippen molar-refractivity contribution in [2.24, 2.45) is 33.6 Å². The Balaban J connectivity index is 0.988. The van der Waals surface area contributed by atoms with E-state index in [0.717, 1.165) is 58.7 Å². The van der Waals surface area contributed by atoms with Crippen LogP contribution in [0.5, 0.6) is 0 Å². The zero-order valence-corrected chi connectivity index (χ0v) is 25.7. The Hall–Kier alpha value is -0.520. The highest BCUT2D eigenvalue weighted by Crippen LogP contribution is 2.76. The van der Waals surface area contributed by atoms with Crippen LogP contribution in [0.25, 0.3) is 0 Å². The third-order valence-electron chi connectivity index (χ3n) is 12.8. The summed E-state index contributed by atoms with van der Waals surface area (Å²) in [4.78, 5) is 19.4. The fourth-order valence-corrected chi connectivity index (χ4v) is 10.7. The number of amides is 1. The number of carbonyl (C=O) groups excluding carboxylic acids is 1. The van der Waals surface area contributed by atoms with Crippen molar-refractivity contribution in [1.82, 2.24) is 25.8 Å². The van der Waals surface area contributed by atoms with Gasteiger partial charge >= 0.3 is 0 Å². The van der Waals surface area contributed by atoms with Crippen molar-refractivity contribution in [2.75, 3.05) is 59.0 Å². The lowest BCUT2D eigenvalue weighted by atomic mass is 9.71. The Bertz CT molecular complexity index is 959. The summed E-state index contributed by atoms with van der Waals surface area (Å²) in [6, 6.07) is 1.07. The molecule has 10 heteroatoms. The van der Waals surface area contributed by atoms with E-state index in [1.165, 1.54) is 64.5 Å². The Morgan fingerprint density at radius 3 is 2.41 bits per heavy atom. The average molecular weight is 592 g/mol. The molecule has 2 saturated carbocycles. The number of nitrogens with two attached hydrogens (primary N) is 2. The Labute approximate surface area is 251 Å². The third kappa shape index (κ3) is 5.49. The minimum atomic E-state index is -0.704. The van der Waals surface area contributed by atoms with Crippen LogP contribution in [0.3, 0.4) is 0 Å². The molecular weight excluding hydrogens is 538 g/mol. The van der Waals surface area contributed by atoms with Gasteiger partial charge in [-0.15, -0.1) is 11.6 Å². The predicted molar refractivity (Wildman–Crippen MR) is 162 cm³/mol. The van der Waals surface area contributed by atoms with Crippen molar-refractivity contribution >= 4 is 17.5 Å². The van der Waals surface area contributed by atoms with Crippen LogP contribution in [0.1, 0.15) is 70.6 Å². The van der Waals surface area contributed by atoms with Crippen LogP contribution in [0, 0.1) is 22.2 Å². The second-order valence-electron chi connectivity index (χ2n) is 15.2. The lowest BCUT2D eigenvalue weighted by molar-refractivity contribution is -0.128. The molecule has 232 valence electrons. The maximum Gasteiger partial charge on any atom is 0.227 e. The van der Waals surface area contributed by atoms with E-state index in [2.05, 4.69) is 25.8 Å². The first-order valence-electron chi connectivity index (χ1n) is 16.8. The van der Waals surface area contributed by atoms with Crippen molar-refractivity contribution in [3.8, 4) is 0 Å². The van der Waals surface area contributed by atoms with Crippen molar-refractivity contribution < 1.29 is 9.53 Å². The summed E-state index contributed by atoms with van der Waals surface area (Å²) in [5, 5.41) is 10.8. The SMILES string of the molecule is NC(N)C(C(=O)NC1CNCCC1N1CCC(N2CCC3(COC3)C2)CC1)C1CC23CCCC[C@]2(CC(Cl)CN1)C3. The van der Waals surface area contributed by atoms with Gasteiger partial charge in [0.15, 0.2) is 0 Å². The number of ether oxygens (including phenoxy) is 1. The van der Waals surface area contributed by atoms with E-state index < -0.39 is 12.1 Å². The van der Waals surface area contributed by atoms with Gasteiger partial charge in [-0.2, -0.15) is 0 Å². The summed E-state index contributed by atoms with van der Waals surface area (Å²) in [5.74, 6) is -0.445. The molecule has 7 aliphatic rings. The number of nitrogens with one attached hydrogen (secondary N) is 3. The zero-order valence-electron chi connectivity index (χ0n) is 24.9. The molecule has 5 aliphatic heterocycles. The van der Waals surface area contributed by atoms with Crippen molar-refractivity contribution in [3.63, 3.8) is 0 Å². The van der Waals surface area contributed by atoms with E-state index in [1.54, 1.807) is 0 Å². The number of rotatable bonds is 6. The molecule has 2 aliphatic carbocycles. The third-order valence-corrected chi connectivity index (χ3v) is 13.1. The number of likely N-dealkylation sites (tertiary alicyclic amines) is 2. The van der Waals surface area contributed by atoms with Crippen LogP contribution in [-0.4, -0.2) is 110 Å². The monoisotopic (exact) mass is 591 g/mol. The van der Waals surface area contributed by atoms with E-state index in [9.17, 15) is 4.79 Å². The molecule has 6 unspecified atom stereocenters. The van der Waals surface area contributed by atoms with E-state index in [4.69, 9.17) is 27.8 Å². The standard InChI is InChI=1S/C31H54ClN7O2/c32-21-13-30-6-1-2-7-31(30,17-30)14-23(36-15-21)26(27(33)34)28(40)37-24-16-35-9-3-25(24)38-10-4-22(5-11-38)39-12-8-29(18-39)19-41-20-29/h21-27,35-36H,1-20,33-34H2,(H,37,40)/t21?,23?,24?,25?,26?,30-,31?/m0/s1. The predicted octanol–water partition coefficient (Wildman–Crippen LogP) is 1.19. The molecule has 7 N–H and O–H groups in total. The van der Waals surface area contributed by atoms with Crippen LogP contribution in [0.2, 0.25) is 0 Å². The maximum absolute atomic E-state index is 14.1. The molecule has 5 heterocycles. The molecule has 5 saturated heterocycles. The molecule has 1 spiro atoms. The fraction of sp³-hybridized carbons (Fsp3) is 0.968. The lowest BCUT2D eigenvalue weighted by Crippen LogP contribution is -2.65. The van der Waals surface area contributed by atoms with Gasteiger partial charge in [0.25, 0.3) is 0 Å². The van der Waals surface area contributed by atoms with Gasteiger partial charge in [0.1, 0.15) is 0 Å². The van der Waals surface area contributed by atoms with Gasteiger partial charge in [-0.05, 0) is 81.7 Å². The number of hydrogen-bond donors (Lipinski definition) is 5. The molecule has 0 aromatic heterocycles. The number of alkyl halides is 1. The van der Waals surface area contributed by atoms with Crippen molar-refractivity contribution in [1.29, 1.82) is 0 Å². The summed E-state index contributed by atoms with van der Waals surface area (Å²) in [6.45, 7) is 9.07. The van der Waals surface area contributed by atoms with Crippen LogP contribution in [0.4, 0.5) is 0 Å². The molecule has 0 aromatic carbocycles. The summed E-state index contributed by atoms with van der Waals surface area (Å²) in [6.07, 6.45) is 12.5. The second-order valence-corrected chi connectivity index (χ2v) is 15.8. The number of halogens is 1. The highest BCUT2D eigenvalue weighted by Gasteiger charge is 2.68. The van der Waals surface area contributed by atoms with E-state index in [1.807, 2.05) is 0 Å². The number of carbonyl (C=O) groups is 1. The molecule has 7 fully saturated rings. The highest BCUT2D eigenvalue weighted by atomic mass is 35.5. The number of piperidine rings is 2. The molecular formula is C31H54ClN7O2. The normalized spacial score (nSPS) is 42.5. The first-order chi connectivity index (χ1) is 19.8. The summed E-state index contributed by atoms with van der Waals surface area (Å²) < 4.78 is 5.55. The van der Waals surface area contributed by atoms with Crippen LogP contribution < -0.4 is 27.4 Å². The fourth-order valence-electron chi connectivity index (χ4n) is 10.4. The minimum Gasteiger partial charge on any atom is -0.380 e. The van der Waals surface area contributed by atoms with E-state index in [0.29, 0.717) is 34.9 Å². The second kappa shape index (κ2) is 11.4. The van der Waals surface area contributed by atoms with Crippen molar-refractivity contribution in [2.45, 2.75) is 106 Å². The lowest BCUT2D eigenvalue weighted by Gasteiger charge is -2.46. The van der Waals surface area contributed by atoms with Gasteiger partial charge in [0.05, 0.1) is 31.3 Å². The van der Waals surface area contributed by atoms with Gasteiger partial charge in [-0.25, -0.2) is 0 Å². The van der Waals surface area contributed by atoms with Crippen LogP contribution in [0.15, 0.2) is 0 Å². The van der Waals surface area contributed by atoms with E-state index in [-0.39, 0.29) is 23.4 Å². The average Bonchev–Trinajstić information content (AvgIpc) is 3.32. The first kappa shape index (κ1) is 29.2. The molecule has 1 amide bonds. The summed E-state index contributed by atoms with van der Waals surface area (Å²) in [7, 11) is 0. The zero-order chi connectivity index (χ0) is 28.2. The molecule has 7 rings (SSSR count). The molecule has 7 atom stereocenters. The Kier molecular flexibility index (Phi) is 8.15. The van der Waals surface area contributed by atoms with Gasteiger partial charge in [0.2, 0.25) is 5.91 Å². The minimum absolute atomic E-state index is 0.0151. The van der Waals surface area contributed by atoms with Gasteiger partial charge < -0.3 is 32.2 Å². The number of nitrogens with zero attached hydrogens (tertiary/aromatic N) is 2. The first-order valence-corrected chi connectivity index (χ1v) is 17.2. The summed E-state index contributed by atoms with van der Waals surface area (Å²) >= 11 is 6.84. The largest absolute Gasteiger partial charge is 0.380 e. The maximum atomic E-state index is 14.1. The smallest absolute Gasteiger partial charge is 0.227 e. The van der Waals surface area contributed by atoms with E-state index >= 15 is 0 Å². The van der Waals surface area contributed by atoms with Gasteiger partial charge in [0, 0.05) is 61.6 Å². The number of hydrogen-bond acceptors (Lipinski definition) is 8.